The third-order valence-electron chi connectivity index (χ3n) is 1.92. The van der Waals surface area contributed by atoms with Crippen LogP contribution < -0.4 is 15.4 Å². The third-order valence-corrected chi connectivity index (χ3v) is 1.92. The smallest absolute Gasteiger partial charge is 0.322 e. The standard InChI is InChI=1S/C9H16N6O2/c1-10-7-12-8(14-9(13-7)17-4)11-5-6(16)15(2)3/h5H2,1-4H3,(H2,10,11,12,13,14). The summed E-state index contributed by atoms with van der Waals surface area (Å²) < 4.78 is 4.91. The first-order valence-corrected chi connectivity index (χ1v) is 4.98. The normalized spacial score (nSPS) is 9.65. The predicted molar refractivity (Wildman–Crippen MR) is 63.1 cm³/mol. The molecule has 17 heavy (non-hydrogen) atoms. The second-order valence-corrected chi connectivity index (χ2v) is 3.36. The van der Waals surface area contributed by atoms with Gasteiger partial charge < -0.3 is 20.3 Å². The number of likely N-dealkylation sites (N-methyl/N-ethyl adjacent to an activating group) is 1. The molecule has 0 saturated carbocycles. The molecule has 94 valence electrons. The van der Waals surface area contributed by atoms with Crippen LogP contribution in [0.3, 0.4) is 0 Å². The minimum absolute atomic E-state index is 0.0737. The summed E-state index contributed by atoms with van der Waals surface area (Å²) >= 11 is 0. The topological polar surface area (TPSA) is 92.3 Å². The van der Waals surface area contributed by atoms with Crippen LogP contribution in [0.15, 0.2) is 0 Å². The number of carbonyl (C=O) groups excluding carboxylic acids is 1. The molecule has 0 aliphatic rings. The summed E-state index contributed by atoms with van der Waals surface area (Å²) in [5, 5.41) is 5.58. The Morgan fingerprint density at radius 2 is 1.94 bits per heavy atom. The molecule has 0 aliphatic heterocycles. The fraction of sp³-hybridized carbons (Fsp3) is 0.556. The zero-order valence-electron chi connectivity index (χ0n) is 10.3. The lowest BCUT2D eigenvalue weighted by Crippen LogP contribution is -2.29. The molecular weight excluding hydrogens is 224 g/mol. The van der Waals surface area contributed by atoms with Crippen molar-refractivity contribution in [3.63, 3.8) is 0 Å². The van der Waals surface area contributed by atoms with Gasteiger partial charge in [0.1, 0.15) is 0 Å². The average Bonchev–Trinajstić information content (AvgIpc) is 2.35. The average molecular weight is 240 g/mol. The highest BCUT2D eigenvalue weighted by atomic mass is 16.5. The minimum Gasteiger partial charge on any atom is -0.467 e. The monoisotopic (exact) mass is 240 g/mol. The first-order valence-electron chi connectivity index (χ1n) is 4.98. The van der Waals surface area contributed by atoms with Crippen LogP contribution in [0.4, 0.5) is 11.9 Å². The van der Waals surface area contributed by atoms with E-state index in [9.17, 15) is 4.79 Å². The van der Waals surface area contributed by atoms with Gasteiger partial charge in [-0.25, -0.2) is 0 Å². The number of anilines is 2. The van der Waals surface area contributed by atoms with Crippen LogP contribution in [0.2, 0.25) is 0 Å². The molecular formula is C9H16N6O2. The van der Waals surface area contributed by atoms with E-state index in [1.54, 1.807) is 21.1 Å². The highest BCUT2D eigenvalue weighted by Gasteiger charge is 2.08. The van der Waals surface area contributed by atoms with Gasteiger partial charge in [0, 0.05) is 21.1 Å². The van der Waals surface area contributed by atoms with Crippen LogP contribution in [0.25, 0.3) is 0 Å². The van der Waals surface area contributed by atoms with E-state index in [4.69, 9.17) is 4.74 Å². The Bertz CT molecular complexity index is 373. The summed E-state index contributed by atoms with van der Waals surface area (Å²) in [6.45, 7) is 0.114. The van der Waals surface area contributed by atoms with Crippen LogP contribution >= 0.6 is 0 Å². The van der Waals surface area contributed by atoms with E-state index < -0.39 is 0 Å². The molecule has 1 heterocycles. The fourth-order valence-corrected chi connectivity index (χ4v) is 0.951. The van der Waals surface area contributed by atoms with Crippen molar-refractivity contribution in [3.05, 3.63) is 0 Å². The Morgan fingerprint density at radius 3 is 2.47 bits per heavy atom. The Morgan fingerprint density at radius 1 is 1.29 bits per heavy atom. The molecule has 0 bridgehead atoms. The first kappa shape index (κ1) is 12.9. The molecule has 0 fully saturated rings. The molecule has 0 radical (unpaired) electrons. The van der Waals surface area contributed by atoms with Gasteiger partial charge in [-0.2, -0.15) is 15.0 Å². The van der Waals surface area contributed by atoms with Crippen molar-refractivity contribution in [2.45, 2.75) is 0 Å². The molecule has 1 rings (SSSR count). The molecule has 0 aliphatic carbocycles. The number of aromatic nitrogens is 3. The number of amides is 1. The van der Waals surface area contributed by atoms with Gasteiger partial charge in [0.25, 0.3) is 0 Å². The van der Waals surface area contributed by atoms with Crippen LogP contribution in [0.1, 0.15) is 0 Å². The maximum Gasteiger partial charge on any atom is 0.322 e. The summed E-state index contributed by atoms with van der Waals surface area (Å²) in [4.78, 5) is 24.8. The highest BCUT2D eigenvalue weighted by molar-refractivity contribution is 5.79. The largest absolute Gasteiger partial charge is 0.467 e. The van der Waals surface area contributed by atoms with Gasteiger partial charge in [0.2, 0.25) is 17.8 Å². The van der Waals surface area contributed by atoms with Crippen LogP contribution in [-0.2, 0) is 4.79 Å². The van der Waals surface area contributed by atoms with Gasteiger partial charge in [0.05, 0.1) is 13.7 Å². The Kier molecular flexibility index (Phi) is 4.44. The number of nitrogens with zero attached hydrogens (tertiary/aromatic N) is 4. The lowest BCUT2D eigenvalue weighted by Gasteiger charge is -2.11. The fourth-order valence-electron chi connectivity index (χ4n) is 0.951. The van der Waals surface area contributed by atoms with E-state index >= 15 is 0 Å². The summed E-state index contributed by atoms with van der Waals surface area (Å²) in [6, 6.07) is 0.184. The van der Waals surface area contributed by atoms with Crippen molar-refractivity contribution in [1.82, 2.24) is 19.9 Å². The van der Waals surface area contributed by atoms with E-state index in [1.165, 1.54) is 12.0 Å². The summed E-state index contributed by atoms with van der Waals surface area (Å²) in [5.74, 6) is 0.587. The summed E-state index contributed by atoms with van der Waals surface area (Å²) in [6.07, 6.45) is 0. The molecule has 0 aromatic carbocycles. The molecule has 0 unspecified atom stereocenters. The molecule has 0 saturated heterocycles. The van der Waals surface area contributed by atoms with E-state index in [0.717, 1.165) is 0 Å². The first-order chi connectivity index (χ1) is 8.06. The van der Waals surface area contributed by atoms with Crippen LogP contribution in [0, 0.1) is 0 Å². The molecule has 1 amide bonds. The lowest BCUT2D eigenvalue weighted by molar-refractivity contribution is -0.126. The van der Waals surface area contributed by atoms with Crippen molar-refractivity contribution in [3.8, 4) is 6.01 Å². The zero-order valence-corrected chi connectivity index (χ0v) is 10.3. The van der Waals surface area contributed by atoms with Gasteiger partial charge in [-0.05, 0) is 0 Å². The molecule has 8 nitrogen and oxygen atoms in total. The zero-order chi connectivity index (χ0) is 12.8. The van der Waals surface area contributed by atoms with Gasteiger partial charge >= 0.3 is 6.01 Å². The molecule has 0 spiro atoms. The van der Waals surface area contributed by atoms with Gasteiger partial charge in [0.15, 0.2) is 0 Å². The summed E-state index contributed by atoms with van der Waals surface area (Å²) in [5.41, 5.74) is 0. The van der Waals surface area contributed by atoms with Gasteiger partial charge in [-0.15, -0.1) is 0 Å². The van der Waals surface area contributed by atoms with E-state index in [-0.39, 0.29) is 24.4 Å². The molecule has 8 heteroatoms. The number of nitrogens with one attached hydrogen (secondary N) is 2. The number of hydrogen-bond acceptors (Lipinski definition) is 7. The maximum absolute atomic E-state index is 11.4. The quantitative estimate of drug-likeness (QED) is 0.711. The third kappa shape index (κ3) is 3.74. The number of carbonyl (C=O) groups is 1. The van der Waals surface area contributed by atoms with Crippen molar-refractivity contribution < 1.29 is 9.53 Å². The lowest BCUT2D eigenvalue weighted by atomic mass is 10.5. The van der Waals surface area contributed by atoms with E-state index in [1.807, 2.05) is 0 Å². The van der Waals surface area contributed by atoms with Crippen molar-refractivity contribution in [2.75, 3.05) is 45.4 Å². The number of methoxy groups -OCH3 is 1. The van der Waals surface area contributed by atoms with E-state index in [2.05, 4.69) is 25.6 Å². The van der Waals surface area contributed by atoms with Crippen molar-refractivity contribution in [2.24, 2.45) is 0 Å². The van der Waals surface area contributed by atoms with Crippen molar-refractivity contribution >= 4 is 17.8 Å². The molecule has 0 atom stereocenters. The van der Waals surface area contributed by atoms with Crippen LogP contribution in [0.5, 0.6) is 6.01 Å². The summed E-state index contributed by atoms with van der Waals surface area (Å²) in [7, 11) is 6.50. The Balaban J connectivity index is 2.73. The van der Waals surface area contributed by atoms with Crippen LogP contribution in [-0.4, -0.2) is 60.6 Å². The van der Waals surface area contributed by atoms with E-state index in [0.29, 0.717) is 5.95 Å². The minimum atomic E-state index is -0.0737. The number of hydrogen-bond donors (Lipinski definition) is 2. The SMILES string of the molecule is CNc1nc(NCC(=O)N(C)C)nc(OC)n1. The Hall–Kier alpha value is -2.12. The van der Waals surface area contributed by atoms with Crippen molar-refractivity contribution in [1.29, 1.82) is 0 Å². The van der Waals surface area contributed by atoms with Gasteiger partial charge in [-0.1, -0.05) is 0 Å². The maximum atomic E-state index is 11.4. The predicted octanol–water partition coefficient (Wildman–Crippen LogP) is -0.578. The van der Waals surface area contributed by atoms with Gasteiger partial charge in [-0.3, -0.25) is 4.79 Å². The number of rotatable bonds is 5. The Labute approximate surface area is 99.4 Å². The highest BCUT2D eigenvalue weighted by Crippen LogP contribution is 2.09. The second-order valence-electron chi connectivity index (χ2n) is 3.36. The molecule has 1 aromatic rings. The molecule has 2 N–H and O–H groups in total. The second kappa shape index (κ2) is 5.83. The molecule has 1 aromatic heterocycles. The number of ether oxygens (including phenoxy) is 1.